The van der Waals surface area contributed by atoms with Crippen LogP contribution in [0.5, 0.6) is 5.75 Å². The predicted octanol–water partition coefficient (Wildman–Crippen LogP) is 3.07. The van der Waals surface area contributed by atoms with Gasteiger partial charge in [-0.05, 0) is 37.6 Å². The fourth-order valence-electron chi connectivity index (χ4n) is 2.06. The van der Waals surface area contributed by atoms with Gasteiger partial charge in [-0.3, -0.25) is 4.79 Å². The van der Waals surface area contributed by atoms with Gasteiger partial charge in [0.1, 0.15) is 12.4 Å². The van der Waals surface area contributed by atoms with E-state index in [0.717, 1.165) is 5.56 Å². The van der Waals surface area contributed by atoms with Crippen molar-refractivity contribution in [1.82, 2.24) is 5.32 Å². The number of rotatable bonds is 6. The maximum absolute atomic E-state index is 12.1. The minimum Gasteiger partial charge on any atom is -0.489 e. The Hall–Kier alpha value is -2.04. The lowest BCUT2D eigenvalue weighted by Gasteiger charge is -2.12. The first kappa shape index (κ1) is 19.0. The molecule has 0 heterocycles. The lowest BCUT2D eigenvalue weighted by Crippen LogP contribution is -2.37. The first-order valence-corrected chi connectivity index (χ1v) is 7.38. The molecule has 0 unspecified atom stereocenters. The molecule has 2 aromatic carbocycles. The summed E-state index contributed by atoms with van der Waals surface area (Å²) in [7, 11) is 0. The standard InChI is InChI=1S/C18H22N2O2.ClH/c1-13-5-3-6-15(9-13)12-22-17-8-4-7-16(10-17)18(21)20-14(2)11-19;/h3-10,14H,11-12,19H2,1-2H3,(H,20,21);1H/t14-;/m0./s1. The Morgan fingerprint density at radius 3 is 2.65 bits per heavy atom. The Morgan fingerprint density at radius 2 is 1.96 bits per heavy atom. The molecule has 2 aromatic rings. The first-order valence-electron chi connectivity index (χ1n) is 7.38. The maximum atomic E-state index is 12.1. The van der Waals surface area contributed by atoms with E-state index in [2.05, 4.69) is 11.4 Å². The van der Waals surface area contributed by atoms with Gasteiger partial charge in [-0.25, -0.2) is 0 Å². The van der Waals surface area contributed by atoms with Crippen LogP contribution in [0, 0.1) is 6.92 Å². The van der Waals surface area contributed by atoms with Crippen molar-refractivity contribution in [3.05, 3.63) is 65.2 Å². The second kappa shape index (κ2) is 9.18. The number of hydrogen-bond donors (Lipinski definition) is 2. The summed E-state index contributed by atoms with van der Waals surface area (Å²) in [5.74, 6) is 0.536. The van der Waals surface area contributed by atoms with Crippen LogP contribution in [0.1, 0.15) is 28.4 Å². The Morgan fingerprint density at radius 1 is 1.22 bits per heavy atom. The van der Waals surface area contributed by atoms with Crippen LogP contribution in [-0.2, 0) is 6.61 Å². The SMILES string of the molecule is Cc1cccc(COc2cccc(C(=O)N[C@@H](C)CN)c2)c1.Cl. The summed E-state index contributed by atoms with van der Waals surface area (Å²) >= 11 is 0. The van der Waals surface area contributed by atoms with Gasteiger partial charge in [-0.2, -0.15) is 0 Å². The van der Waals surface area contributed by atoms with E-state index < -0.39 is 0 Å². The van der Waals surface area contributed by atoms with Gasteiger partial charge in [-0.1, -0.05) is 35.9 Å². The molecule has 0 saturated carbocycles. The van der Waals surface area contributed by atoms with Crippen molar-refractivity contribution in [2.24, 2.45) is 5.73 Å². The summed E-state index contributed by atoms with van der Waals surface area (Å²) in [6.07, 6.45) is 0. The Kier molecular flexibility index (Phi) is 7.59. The lowest BCUT2D eigenvalue weighted by molar-refractivity contribution is 0.0941. The van der Waals surface area contributed by atoms with Gasteiger partial charge in [0.05, 0.1) is 0 Å². The molecule has 0 saturated heterocycles. The summed E-state index contributed by atoms with van der Waals surface area (Å²) in [6, 6.07) is 15.3. The second-order valence-electron chi connectivity index (χ2n) is 5.42. The van der Waals surface area contributed by atoms with Crippen molar-refractivity contribution in [2.45, 2.75) is 26.5 Å². The third-order valence-electron chi connectivity index (χ3n) is 3.32. The summed E-state index contributed by atoms with van der Waals surface area (Å²) in [4.78, 5) is 12.1. The Balaban J connectivity index is 0.00000264. The number of halogens is 1. The average molecular weight is 335 g/mol. The molecule has 0 aliphatic carbocycles. The molecule has 5 heteroatoms. The van der Waals surface area contributed by atoms with Crippen LogP contribution in [-0.4, -0.2) is 18.5 Å². The van der Waals surface area contributed by atoms with Crippen LogP contribution in [0.25, 0.3) is 0 Å². The highest BCUT2D eigenvalue weighted by atomic mass is 35.5. The van der Waals surface area contributed by atoms with Crippen molar-refractivity contribution < 1.29 is 9.53 Å². The fourth-order valence-corrected chi connectivity index (χ4v) is 2.06. The highest BCUT2D eigenvalue weighted by Gasteiger charge is 2.09. The molecule has 23 heavy (non-hydrogen) atoms. The number of nitrogens with two attached hydrogens (primary N) is 1. The Labute approximate surface area is 143 Å². The minimum atomic E-state index is -0.140. The van der Waals surface area contributed by atoms with Crippen molar-refractivity contribution in [2.75, 3.05) is 6.54 Å². The highest BCUT2D eigenvalue weighted by molar-refractivity contribution is 5.94. The Bertz CT molecular complexity index is 646. The van der Waals surface area contributed by atoms with Gasteiger partial charge in [-0.15, -0.1) is 12.4 Å². The van der Waals surface area contributed by atoms with Crippen LogP contribution in [0.4, 0.5) is 0 Å². The molecule has 3 N–H and O–H groups in total. The number of ether oxygens (including phenoxy) is 1. The molecule has 0 aliphatic heterocycles. The van der Waals surface area contributed by atoms with Crippen molar-refractivity contribution in [1.29, 1.82) is 0 Å². The number of nitrogens with one attached hydrogen (secondary N) is 1. The molecule has 0 fully saturated rings. The zero-order valence-electron chi connectivity index (χ0n) is 13.4. The first-order chi connectivity index (χ1) is 10.6. The molecule has 4 nitrogen and oxygen atoms in total. The zero-order valence-corrected chi connectivity index (χ0v) is 14.2. The van der Waals surface area contributed by atoms with Crippen LogP contribution < -0.4 is 15.8 Å². The lowest BCUT2D eigenvalue weighted by atomic mass is 10.1. The number of carbonyl (C=O) groups is 1. The second-order valence-corrected chi connectivity index (χ2v) is 5.42. The molecular weight excluding hydrogens is 312 g/mol. The number of aryl methyl sites for hydroxylation is 1. The van der Waals surface area contributed by atoms with Gasteiger partial charge in [0.2, 0.25) is 0 Å². The smallest absolute Gasteiger partial charge is 0.251 e. The quantitative estimate of drug-likeness (QED) is 0.853. The number of carbonyl (C=O) groups excluding carboxylic acids is 1. The summed E-state index contributed by atoms with van der Waals surface area (Å²) < 4.78 is 5.76. The molecule has 0 bridgehead atoms. The van der Waals surface area contributed by atoms with Crippen molar-refractivity contribution in [3.63, 3.8) is 0 Å². The molecule has 124 valence electrons. The fraction of sp³-hybridized carbons (Fsp3) is 0.278. The van der Waals surface area contributed by atoms with E-state index in [1.165, 1.54) is 5.56 Å². The largest absolute Gasteiger partial charge is 0.489 e. The number of benzene rings is 2. The van der Waals surface area contributed by atoms with Crippen LogP contribution in [0.3, 0.4) is 0 Å². The molecular formula is C18H23ClN2O2. The molecule has 2 rings (SSSR count). The average Bonchev–Trinajstić information content (AvgIpc) is 2.53. The molecule has 1 amide bonds. The summed E-state index contributed by atoms with van der Waals surface area (Å²) in [5, 5.41) is 2.83. The van der Waals surface area contributed by atoms with E-state index in [1.807, 2.05) is 44.2 Å². The van der Waals surface area contributed by atoms with Gasteiger partial charge in [0.25, 0.3) is 5.91 Å². The highest BCUT2D eigenvalue weighted by Crippen LogP contribution is 2.16. The zero-order chi connectivity index (χ0) is 15.9. The third-order valence-corrected chi connectivity index (χ3v) is 3.32. The molecule has 0 spiro atoms. The van der Waals surface area contributed by atoms with E-state index in [0.29, 0.717) is 24.5 Å². The number of amides is 1. The van der Waals surface area contributed by atoms with E-state index >= 15 is 0 Å². The molecule has 0 radical (unpaired) electrons. The normalized spacial score (nSPS) is 11.3. The van der Waals surface area contributed by atoms with E-state index in [4.69, 9.17) is 10.5 Å². The van der Waals surface area contributed by atoms with Crippen molar-refractivity contribution >= 4 is 18.3 Å². The van der Waals surface area contributed by atoms with Crippen LogP contribution in [0.15, 0.2) is 48.5 Å². The van der Waals surface area contributed by atoms with Crippen LogP contribution >= 0.6 is 12.4 Å². The van der Waals surface area contributed by atoms with Gasteiger partial charge >= 0.3 is 0 Å². The summed E-state index contributed by atoms with van der Waals surface area (Å²) in [6.45, 7) is 4.81. The van der Waals surface area contributed by atoms with Gasteiger partial charge < -0.3 is 15.8 Å². The number of hydrogen-bond acceptors (Lipinski definition) is 3. The summed E-state index contributed by atoms with van der Waals surface area (Å²) in [5.41, 5.74) is 8.39. The topological polar surface area (TPSA) is 64.3 Å². The maximum Gasteiger partial charge on any atom is 0.251 e. The molecule has 0 aromatic heterocycles. The minimum absolute atomic E-state index is 0. The predicted molar refractivity (Wildman–Crippen MR) is 95.2 cm³/mol. The van der Waals surface area contributed by atoms with Gasteiger partial charge in [0.15, 0.2) is 0 Å². The van der Waals surface area contributed by atoms with Gasteiger partial charge in [0, 0.05) is 18.2 Å². The van der Waals surface area contributed by atoms with Crippen molar-refractivity contribution in [3.8, 4) is 5.75 Å². The van der Waals surface area contributed by atoms with E-state index in [9.17, 15) is 4.79 Å². The molecule has 1 atom stereocenters. The van der Waals surface area contributed by atoms with E-state index in [-0.39, 0.29) is 24.4 Å². The third kappa shape index (κ3) is 5.93. The van der Waals surface area contributed by atoms with Crippen LogP contribution in [0.2, 0.25) is 0 Å². The molecule has 0 aliphatic rings. The monoisotopic (exact) mass is 334 g/mol. The van der Waals surface area contributed by atoms with E-state index in [1.54, 1.807) is 12.1 Å².